The summed E-state index contributed by atoms with van der Waals surface area (Å²) in [7, 11) is 0. The molecule has 1 N–H and O–H groups in total. The lowest BCUT2D eigenvalue weighted by Crippen LogP contribution is -2.11. The van der Waals surface area contributed by atoms with Crippen molar-refractivity contribution < 1.29 is 9.84 Å². The van der Waals surface area contributed by atoms with Gasteiger partial charge in [0.2, 0.25) is 0 Å². The molecule has 1 aliphatic carbocycles. The Morgan fingerprint density at radius 1 is 1.25 bits per heavy atom. The van der Waals surface area contributed by atoms with Crippen molar-refractivity contribution in [1.82, 2.24) is 0 Å². The van der Waals surface area contributed by atoms with Crippen molar-refractivity contribution in [3.63, 3.8) is 0 Å². The molecule has 2 rings (SSSR count). The van der Waals surface area contributed by atoms with Gasteiger partial charge in [-0.2, -0.15) is 0 Å². The molecule has 0 saturated heterocycles. The van der Waals surface area contributed by atoms with Crippen molar-refractivity contribution in [2.45, 2.75) is 19.4 Å². The molecule has 1 aliphatic rings. The fourth-order valence-electron chi connectivity index (χ4n) is 2.10. The van der Waals surface area contributed by atoms with Crippen molar-refractivity contribution in [2.75, 3.05) is 13.2 Å². The van der Waals surface area contributed by atoms with Crippen LogP contribution in [0.15, 0.2) is 42.0 Å². The molecule has 0 heterocycles. The topological polar surface area (TPSA) is 29.5 Å². The summed E-state index contributed by atoms with van der Waals surface area (Å²) in [6.45, 7) is 1.57. The second kappa shape index (κ2) is 5.83. The molecular weight excluding hydrogens is 200 g/mol. The van der Waals surface area contributed by atoms with Crippen molar-refractivity contribution in [3.8, 4) is 0 Å². The van der Waals surface area contributed by atoms with Gasteiger partial charge in [-0.25, -0.2) is 0 Å². The maximum absolute atomic E-state index is 9.13. The van der Waals surface area contributed by atoms with Gasteiger partial charge < -0.3 is 9.84 Å². The first-order valence-corrected chi connectivity index (χ1v) is 5.81. The minimum atomic E-state index is 0.180. The van der Waals surface area contributed by atoms with E-state index in [-0.39, 0.29) is 6.61 Å². The average Bonchev–Trinajstić information content (AvgIpc) is 2.78. The summed E-state index contributed by atoms with van der Waals surface area (Å²) in [6, 6.07) is 10.2. The van der Waals surface area contributed by atoms with Gasteiger partial charge in [-0.15, -0.1) is 0 Å². The second-order valence-electron chi connectivity index (χ2n) is 4.21. The summed E-state index contributed by atoms with van der Waals surface area (Å²) in [4.78, 5) is 0. The number of aliphatic hydroxyl groups is 1. The van der Waals surface area contributed by atoms with Crippen LogP contribution in [0.1, 0.15) is 18.4 Å². The Hall–Kier alpha value is -1.12. The van der Waals surface area contributed by atoms with E-state index in [1.165, 1.54) is 5.56 Å². The molecule has 0 amide bonds. The summed E-state index contributed by atoms with van der Waals surface area (Å²) in [5.41, 5.74) is 2.35. The standard InChI is InChI=1S/C14H18O2/c15-9-13-7-4-8-14(13)11-16-10-12-5-2-1-3-6-12/h1-3,5-7,14-15H,4,8-11H2. The van der Waals surface area contributed by atoms with Crippen molar-refractivity contribution in [1.29, 1.82) is 0 Å². The van der Waals surface area contributed by atoms with Crippen molar-refractivity contribution in [2.24, 2.45) is 5.92 Å². The van der Waals surface area contributed by atoms with Crippen LogP contribution in [-0.2, 0) is 11.3 Å². The van der Waals surface area contributed by atoms with Crippen LogP contribution in [0.2, 0.25) is 0 Å². The SMILES string of the molecule is OCC1=CCCC1COCc1ccccc1. The zero-order valence-electron chi connectivity index (χ0n) is 9.43. The number of aliphatic hydroxyl groups excluding tert-OH is 1. The largest absolute Gasteiger partial charge is 0.392 e. The van der Waals surface area contributed by atoms with E-state index in [9.17, 15) is 0 Å². The third-order valence-corrected chi connectivity index (χ3v) is 3.06. The zero-order chi connectivity index (χ0) is 11.2. The summed E-state index contributed by atoms with van der Waals surface area (Å²) >= 11 is 0. The first-order valence-electron chi connectivity index (χ1n) is 5.81. The van der Waals surface area contributed by atoms with E-state index in [4.69, 9.17) is 9.84 Å². The Morgan fingerprint density at radius 2 is 2.06 bits per heavy atom. The van der Waals surface area contributed by atoms with E-state index in [1.807, 2.05) is 18.2 Å². The van der Waals surface area contributed by atoms with Gasteiger partial charge in [0.15, 0.2) is 0 Å². The summed E-state index contributed by atoms with van der Waals surface area (Å²) in [6.07, 6.45) is 4.33. The highest BCUT2D eigenvalue weighted by molar-refractivity contribution is 5.14. The molecule has 0 radical (unpaired) electrons. The molecule has 2 heteroatoms. The van der Waals surface area contributed by atoms with E-state index in [2.05, 4.69) is 18.2 Å². The Labute approximate surface area is 96.6 Å². The van der Waals surface area contributed by atoms with Crippen molar-refractivity contribution in [3.05, 3.63) is 47.5 Å². The smallest absolute Gasteiger partial charge is 0.0717 e. The zero-order valence-corrected chi connectivity index (χ0v) is 9.43. The van der Waals surface area contributed by atoms with Crippen LogP contribution in [0.4, 0.5) is 0 Å². The van der Waals surface area contributed by atoms with Crippen LogP contribution in [0.3, 0.4) is 0 Å². The van der Waals surface area contributed by atoms with Crippen LogP contribution < -0.4 is 0 Å². The number of allylic oxidation sites excluding steroid dienone is 1. The first-order chi connectivity index (χ1) is 7.90. The predicted molar refractivity (Wildman–Crippen MR) is 64.0 cm³/mol. The molecule has 2 nitrogen and oxygen atoms in total. The molecule has 1 aromatic rings. The van der Waals surface area contributed by atoms with Gasteiger partial charge in [-0.1, -0.05) is 36.4 Å². The van der Waals surface area contributed by atoms with Crippen LogP contribution in [0.5, 0.6) is 0 Å². The molecule has 0 aromatic heterocycles. The number of hydrogen-bond donors (Lipinski definition) is 1. The van der Waals surface area contributed by atoms with Gasteiger partial charge in [-0.3, -0.25) is 0 Å². The Morgan fingerprint density at radius 3 is 2.81 bits per heavy atom. The normalized spacial score (nSPS) is 19.8. The molecule has 0 saturated carbocycles. The van der Waals surface area contributed by atoms with Gasteiger partial charge >= 0.3 is 0 Å². The molecule has 0 aliphatic heterocycles. The van der Waals surface area contributed by atoms with Crippen LogP contribution in [0, 0.1) is 5.92 Å². The first kappa shape index (κ1) is 11.4. The predicted octanol–water partition coefficient (Wildman–Crippen LogP) is 2.53. The fourth-order valence-corrected chi connectivity index (χ4v) is 2.10. The van der Waals surface area contributed by atoms with Gasteiger partial charge in [0.1, 0.15) is 0 Å². The number of rotatable bonds is 5. The maximum atomic E-state index is 9.13. The second-order valence-corrected chi connectivity index (χ2v) is 4.21. The third-order valence-electron chi connectivity index (χ3n) is 3.06. The molecule has 0 spiro atoms. The summed E-state index contributed by atoms with van der Waals surface area (Å²) in [5, 5.41) is 9.13. The minimum absolute atomic E-state index is 0.180. The van der Waals surface area contributed by atoms with Gasteiger partial charge in [-0.05, 0) is 24.0 Å². The molecule has 86 valence electrons. The maximum Gasteiger partial charge on any atom is 0.0717 e. The Kier molecular flexibility index (Phi) is 4.14. The highest BCUT2D eigenvalue weighted by Gasteiger charge is 2.18. The number of benzene rings is 1. The van der Waals surface area contributed by atoms with Crippen LogP contribution in [0.25, 0.3) is 0 Å². The molecule has 0 fully saturated rings. The molecular formula is C14H18O2. The molecule has 0 bridgehead atoms. The highest BCUT2D eigenvalue weighted by atomic mass is 16.5. The highest BCUT2D eigenvalue weighted by Crippen LogP contribution is 2.25. The lowest BCUT2D eigenvalue weighted by molar-refractivity contribution is 0.0936. The third kappa shape index (κ3) is 2.94. The average molecular weight is 218 g/mol. The molecule has 1 aromatic carbocycles. The Balaban J connectivity index is 1.75. The summed E-state index contributed by atoms with van der Waals surface area (Å²) in [5.74, 6) is 0.425. The lowest BCUT2D eigenvalue weighted by atomic mass is 10.0. The molecule has 16 heavy (non-hydrogen) atoms. The summed E-state index contributed by atoms with van der Waals surface area (Å²) < 4.78 is 5.68. The van der Waals surface area contributed by atoms with Gasteiger partial charge in [0.05, 0.1) is 19.8 Å². The Bertz CT molecular complexity index is 343. The van der Waals surface area contributed by atoms with E-state index in [0.717, 1.165) is 25.0 Å². The van der Waals surface area contributed by atoms with Crippen LogP contribution >= 0.6 is 0 Å². The van der Waals surface area contributed by atoms with Crippen molar-refractivity contribution >= 4 is 0 Å². The fraction of sp³-hybridized carbons (Fsp3) is 0.429. The number of ether oxygens (including phenoxy) is 1. The van der Waals surface area contributed by atoms with E-state index in [0.29, 0.717) is 12.5 Å². The van der Waals surface area contributed by atoms with Gasteiger partial charge in [0, 0.05) is 5.92 Å². The molecule has 1 atom stereocenters. The monoisotopic (exact) mass is 218 g/mol. The quantitative estimate of drug-likeness (QED) is 0.769. The lowest BCUT2D eigenvalue weighted by Gasteiger charge is -2.13. The molecule has 1 unspecified atom stereocenters. The number of hydrogen-bond acceptors (Lipinski definition) is 2. The van der Waals surface area contributed by atoms with E-state index in [1.54, 1.807) is 0 Å². The van der Waals surface area contributed by atoms with Gasteiger partial charge in [0.25, 0.3) is 0 Å². The minimum Gasteiger partial charge on any atom is -0.392 e. The van der Waals surface area contributed by atoms with E-state index >= 15 is 0 Å². The van der Waals surface area contributed by atoms with E-state index < -0.39 is 0 Å². The van der Waals surface area contributed by atoms with Crippen LogP contribution in [-0.4, -0.2) is 18.3 Å².